The monoisotopic (exact) mass is 257 g/mol. The molecule has 1 unspecified atom stereocenters. The topological polar surface area (TPSA) is 52.3 Å². The zero-order chi connectivity index (χ0) is 13.9. The molecular weight excluding hydrogens is 238 g/mol. The first kappa shape index (κ1) is 13.6. The van der Waals surface area contributed by atoms with E-state index in [2.05, 4.69) is 0 Å². The first-order valence-electron chi connectivity index (χ1n) is 6.46. The summed E-state index contributed by atoms with van der Waals surface area (Å²) in [5, 5.41) is 0. The van der Waals surface area contributed by atoms with Crippen molar-refractivity contribution in [2.75, 3.05) is 0 Å². The summed E-state index contributed by atoms with van der Waals surface area (Å²) in [6, 6.07) is 10.0. The van der Waals surface area contributed by atoms with Crippen molar-refractivity contribution in [3.8, 4) is 0 Å². The molecule has 0 heterocycles. The van der Waals surface area contributed by atoms with E-state index in [1.165, 1.54) is 0 Å². The number of carbonyl (C=O) groups excluding carboxylic acids is 1. The first-order valence-corrected chi connectivity index (χ1v) is 6.46. The summed E-state index contributed by atoms with van der Waals surface area (Å²) in [5.41, 5.74) is 7.25. The zero-order valence-corrected chi connectivity index (χ0v) is 11.3. The Labute approximate surface area is 113 Å². The third-order valence-electron chi connectivity index (χ3n) is 3.05. The lowest BCUT2D eigenvalue weighted by Gasteiger charge is -2.26. The zero-order valence-electron chi connectivity index (χ0n) is 11.3. The van der Waals surface area contributed by atoms with Gasteiger partial charge in [0.1, 0.15) is 5.54 Å². The van der Waals surface area contributed by atoms with Gasteiger partial charge in [0.2, 0.25) is 0 Å². The summed E-state index contributed by atoms with van der Waals surface area (Å²) in [7, 11) is 0. The van der Waals surface area contributed by atoms with Crippen molar-refractivity contribution in [2.24, 2.45) is 5.73 Å². The standard InChI is InChI=1S/C16H19NO2/c1-12(2)19-15(18)16(17)10-8-14(9-11-16)13-6-4-3-5-7-13/h3-10,12H,11,17H2,1-2H3. The average Bonchev–Trinajstić information content (AvgIpc) is 2.40. The molecular formula is C16H19NO2. The molecule has 0 fully saturated rings. The van der Waals surface area contributed by atoms with Crippen LogP contribution in [0.25, 0.3) is 5.57 Å². The van der Waals surface area contributed by atoms with E-state index in [0.29, 0.717) is 6.42 Å². The second kappa shape index (κ2) is 5.41. The highest BCUT2D eigenvalue weighted by Crippen LogP contribution is 2.26. The molecule has 2 N–H and O–H groups in total. The lowest BCUT2D eigenvalue weighted by Crippen LogP contribution is -2.48. The van der Waals surface area contributed by atoms with E-state index < -0.39 is 5.54 Å². The number of carbonyl (C=O) groups is 1. The van der Waals surface area contributed by atoms with Crippen molar-refractivity contribution in [1.29, 1.82) is 0 Å². The molecule has 100 valence electrons. The van der Waals surface area contributed by atoms with Crippen molar-refractivity contribution >= 4 is 11.5 Å². The van der Waals surface area contributed by atoms with Crippen molar-refractivity contribution in [1.82, 2.24) is 0 Å². The number of ether oxygens (including phenoxy) is 1. The Balaban J connectivity index is 2.12. The van der Waals surface area contributed by atoms with Gasteiger partial charge in [-0.3, -0.25) is 0 Å². The van der Waals surface area contributed by atoms with Gasteiger partial charge in [0.25, 0.3) is 0 Å². The minimum absolute atomic E-state index is 0.152. The van der Waals surface area contributed by atoms with Crippen LogP contribution < -0.4 is 5.73 Å². The van der Waals surface area contributed by atoms with E-state index in [0.717, 1.165) is 11.1 Å². The van der Waals surface area contributed by atoms with E-state index in [4.69, 9.17) is 10.5 Å². The maximum atomic E-state index is 11.9. The van der Waals surface area contributed by atoms with Crippen molar-refractivity contribution in [3.63, 3.8) is 0 Å². The van der Waals surface area contributed by atoms with Crippen LogP contribution in [0.4, 0.5) is 0 Å². The normalized spacial score (nSPS) is 22.2. The van der Waals surface area contributed by atoms with Crippen LogP contribution in [0.15, 0.2) is 48.6 Å². The molecule has 3 heteroatoms. The number of allylic oxidation sites excluding steroid dienone is 2. The molecule has 0 saturated carbocycles. The van der Waals surface area contributed by atoms with Crippen LogP contribution in [0.5, 0.6) is 0 Å². The van der Waals surface area contributed by atoms with Gasteiger partial charge in [-0.15, -0.1) is 0 Å². The molecule has 3 nitrogen and oxygen atoms in total. The van der Waals surface area contributed by atoms with Crippen LogP contribution in [-0.2, 0) is 9.53 Å². The summed E-state index contributed by atoms with van der Waals surface area (Å²) in [4.78, 5) is 11.9. The maximum absolute atomic E-state index is 11.9. The molecule has 1 atom stereocenters. The lowest BCUT2D eigenvalue weighted by atomic mass is 9.87. The Bertz CT molecular complexity index is 517. The van der Waals surface area contributed by atoms with Crippen molar-refractivity contribution < 1.29 is 9.53 Å². The molecule has 19 heavy (non-hydrogen) atoms. The molecule has 1 aliphatic carbocycles. The lowest BCUT2D eigenvalue weighted by molar-refractivity contribution is -0.152. The van der Waals surface area contributed by atoms with Gasteiger partial charge in [0.05, 0.1) is 6.10 Å². The Morgan fingerprint density at radius 2 is 2.00 bits per heavy atom. The summed E-state index contributed by atoms with van der Waals surface area (Å²) >= 11 is 0. The van der Waals surface area contributed by atoms with Gasteiger partial charge in [-0.05, 0) is 31.4 Å². The number of rotatable bonds is 3. The molecule has 1 aromatic carbocycles. The molecule has 0 amide bonds. The molecule has 0 aromatic heterocycles. The van der Waals surface area contributed by atoms with Crippen molar-refractivity contribution in [2.45, 2.75) is 31.9 Å². The van der Waals surface area contributed by atoms with Gasteiger partial charge in [0.15, 0.2) is 0 Å². The van der Waals surface area contributed by atoms with Gasteiger partial charge in [-0.2, -0.15) is 0 Å². The van der Waals surface area contributed by atoms with Crippen LogP contribution in [0.2, 0.25) is 0 Å². The third-order valence-corrected chi connectivity index (χ3v) is 3.05. The molecule has 1 aliphatic rings. The first-order chi connectivity index (χ1) is 9.01. The largest absolute Gasteiger partial charge is 0.461 e. The van der Waals surface area contributed by atoms with Gasteiger partial charge in [-0.25, -0.2) is 4.79 Å². The van der Waals surface area contributed by atoms with Crippen LogP contribution in [0.1, 0.15) is 25.8 Å². The Morgan fingerprint density at radius 3 is 2.53 bits per heavy atom. The Hall–Kier alpha value is -1.87. The summed E-state index contributed by atoms with van der Waals surface area (Å²) in [6.07, 6.45) is 5.91. The van der Waals surface area contributed by atoms with E-state index in [9.17, 15) is 4.79 Å². The number of hydrogen-bond donors (Lipinski definition) is 1. The van der Waals surface area contributed by atoms with Gasteiger partial charge in [0, 0.05) is 0 Å². The fourth-order valence-corrected chi connectivity index (χ4v) is 1.97. The molecule has 0 spiro atoms. The van der Waals surface area contributed by atoms with E-state index in [-0.39, 0.29) is 12.1 Å². The highest BCUT2D eigenvalue weighted by Gasteiger charge is 2.34. The quantitative estimate of drug-likeness (QED) is 0.847. The minimum Gasteiger partial charge on any atom is -0.461 e. The van der Waals surface area contributed by atoms with E-state index >= 15 is 0 Å². The summed E-state index contributed by atoms with van der Waals surface area (Å²) in [5.74, 6) is -0.373. The number of hydrogen-bond acceptors (Lipinski definition) is 3. The second-order valence-corrected chi connectivity index (χ2v) is 5.06. The Kier molecular flexibility index (Phi) is 3.86. The maximum Gasteiger partial charge on any atom is 0.330 e. The molecule has 2 rings (SSSR count). The minimum atomic E-state index is -1.04. The predicted molar refractivity (Wildman–Crippen MR) is 76.3 cm³/mol. The third kappa shape index (κ3) is 3.12. The fourth-order valence-electron chi connectivity index (χ4n) is 1.97. The van der Waals surface area contributed by atoms with Crippen molar-refractivity contribution in [3.05, 3.63) is 54.1 Å². The fraction of sp³-hybridized carbons (Fsp3) is 0.312. The smallest absolute Gasteiger partial charge is 0.330 e. The Morgan fingerprint density at radius 1 is 1.32 bits per heavy atom. The average molecular weight is 257 g/mol. The van der Waals surface area contributed by atoms with Crippen LogP contribution >= 0.6 is 0 Å². The highest BCUT2D eigenvalue weighted by atomic mass is 16.5. The van der Waals surface area contributed by atoms with E-state index in [1.807, 2.05) is 56.3 Å². The van der Waals surface area contributed by atoms with Gasteiger partial charge < -0.3 is 10.5 Å². The number of esters is 1. The molecule has 0 bridgehead atoms. The highest BCUT2D eigenvalue weighted by molar-refractivity contribution is 5.87. The summed E-state index contributed by atoms with van der Waals surface area (Å²) in [6.45, 7) is 3.64. The van der Waals surface area contributed by atoms with Crippen LogP contribution in [0, 0.1) is 0 Å². The predicted octanol–water partition coefficient (Wildman–Crippen LogP) is 2.68. The number of nitrogens with two attached hydrogens (primary N) is 1. The molecule has 0 saturated heterocycles. The van der Waals surface area contributed by atoms with Gasteiger partial charge in [-0.1, -0.05) is 48.6 Å². The second-order valence-electron chi connectivity index (χ2n) is 5.06. The van der Waals surface area contributed by atoms with Crippen LogP contribution in [-0.4, -0.2) is 17.6 Å². The van der Waals surface area contributed by atoms with E-state index in [1.54, 1.807) is 6.08 Å². The SMILES string of the molecule is CC(C)OC(=O)C1(N)C=CC(c2ccccc2)=CC1. The van der Waals surface area contributed by atoms with Gasteiger partial charge >= 0.3 is 5.97 Å². The molecule has 0 aliphatic heterocycles. The van der Waals surface area contributed by atoms with Crippen LogP contribution in [0.3, 0.4) is 0 Å². The number of benzene rings is 1. The molecule has 1 aromatic rings. The molecule has 0 radical (unpaired) electrons. The summed E-state index contributed by atoms with van der Waals surface area (Å²) < 4.78 is 5.19.